The number of amides is 2. The number of urea groups is 1. The Bertz CT molecular complexity index is 779. The largest absolute Gasteiger partial charge is 0.496 e. The van der Waals surface area contributed by atoms with Crippen molar-refractivity contribution in [2.75, 3.05) is 7.11 Å². The number of carbonyl (C=O) groups excluding carboxylic acids is 1. The number of nitrogens with zero attached hydrogens (tertiary/aromatic N) is 2. The van der Waals surface area contributed by atoms with Crippen molar-refractivity contribution in [3.8, 4) is 17.6 Å². The number of rotatable bonds is 6. The van der Waals surface area contributed by atoms with E-state index in [-0.39, 0.29) is 6.61 Å². The van der Waals surface area contributed by atoms with Gasteiger partial charge in [-0.2, -0.15) is 10.4 Å². The lowest BCUT2D eigenvalue weighted by Crippen LogP contribution is -2.24. The molecule has 3 N–H and O–H groups in total. The lowest BCUT2D eigenvalue weighted by Gasteiger charge is -2.11. The van der Waals surface area contributed by atoms with Gasteiger partial charge in [-0.15, -0.1) is 0 Å². The minimum absolute atomic E-state index is 0.278. The molecule has 0 bridgehead atoms. The summed E-state index contributed by atoms with van der Waals surface area (Å²) in [6, 6.07) is 13.5. The van der Waals surface area contributed by atoms with Gasteiger partial charge >= 0.3 is 6.03 Å². The summed E-state index contributed by atoms with van der Waals surface area (Å²) in [6.45, 7) is 0.278. The average Bonchev–Trinajstić information content (AvgIpc) is 2.60. The average molecular weight is 324 g/mol. The summed E-state index contributed by atoms with van der Waals surface area (Å²) in [5.41, 5.74) is 9.20. The van der Waals surface area contributed by atoms with Crippen LogP contribution in [0.25, 0.3) is 0 Å². The molecule has 2 amide bonds. The summed E-state index contributed by atoms with van der Waals surface area (Å²) in [5.74, 6) is 1.31. The predicted molar refractivity (Wildman–Crippen MR) is 88.8 cm³/mol. The van der Waals surface area contributed by atoms with Gasteiger partial charge < -0.3 is 15.2 Å². The van der Waals surface area contributed by atoms with E-state index >= 15 is 0 Å². The van der Waals surface area contributed by atoms with Gasteiger partial charge in [0.1, 0.15) is 18.1 Å². The number of methoxy groups -OCH3 is 1. The van der Waals surface area contributed by atoms with Crippen molar-refractivity contribution in [1.82, 2.24) is 5.43 Å². The monoisotopic (exact) mass is 324 g/mol. The van der Waals surface area contributed by atoms with Crippen molar-refractivity contribution in [2.24, 2.45) is 10.8 Å². The van der Waals surface area contributed by atoms with Crippen molar-refractivity contribution >= 4 is 12.2 Å². The highest BCUT2D eigenvalue weighted by Gasteiger charge is 2.05. The summed E-state index contributed by atoms with van der Waals surface area (Å²) in [5, 5.41) is 12.5. The molecule has 2 aromatic carbocycles. The second-order valence-corrected chi connectivity index (χ2v) is 4.73. The predicted octanol–water partition coefficient (Wildman–Crippen LogP) is 2.15. The molecule has 0 unspecified atom stereocenters. The number of benzene rings is 2. The number of hydrogen-bond acceptors (Lipinski definition) is 5. The van der Waals surface area contributed by atoms with Gasteiger partial charge in [-0.3, -0.25) is 0 Å². The molecule has 0 aromatic heterocycles. The SMILES string of the molecule is COc1ccc(C=NNC(N)=O)cc1COc1ccc(C#N)cc1. The fourth-order valence-corrected chi connectivity index (χ4v) is 1.95. The van der Waals surface area contributed by atoms with Crippen LogP contribution >= 0.6 is 0 Å². The van der Waals surface area contributed by atoms with E-state index in [1.807, 2.05) is 6.07 Å². The Morgan fingerprint density at radius 3 is 2.71 bits per heavy atom. The van der Waals surface area contributed by atoms with Crippen molar-refractivity contribution in [3.05, 3.63) is 59.2 Å². The Morgan fingerprint density at radius 2 is 2.08 bits per heavy atom. The standard InChI is InChI=1S/C17H16N4O3/c1-23-16-7-4-13(10-20-21-17(19)22)8-14(16)11-24-15-5-2-12(9-18)3-6-15/h2-8,10H,11H2,1H3,(H3,19,21,22). The topological polar surface area (TPSA) is 110 Å². The molecule has 0 saturated heterocycles. The molecule has 0 radical (unpaired) electrons. The fraction of sp³-hybridized carbons (Fsp3) is 0.118. The maximum atomic E-state index is 10.6. The minimum atomic E-state index is -0.732. The third-order valence-electron chi connectivity index (χ3n) is 3.07. The van der Waals surface area contributed by atoms with E-state index in [2.05, 4.69) is 16.6 Å². The molecule has 7 nitrogen and oxygen atoms in total. The fourth-order valence-electron chi connectivity index (χ4n) is 1.95. The van der Waals surface area contributed by atoms with Crippen LogP contribution in [0.3, 0.4) is 0 Å². The van der Waals surface area contributed by atoms with Crippen LogP contribution in [-0.4, -0.2) is 19.4 Å². The van der Waals surface area contributed by atoms with Gasteiger partial charge in [-0.25, -0.2) is 10.2 Å². The molecular weight excluding hydrogens is 308 g/mol. The number of primary amides is 1. The molecule has 0 fully saturated rings. The molecule has 0 heterocycles. The van der Waals surface area contributed by atoms with E-state index in [4.69, 9.17) is 20.5 Å². The first-order chi connectivity index (χ1) is 11.6. The Morgan fingerprint density at radius 1 is 1.33 bits per heavy atom. The first kappa shape index (κ1) is 16.8. The molecule has 7 heteroatoms. The van der Waals surface area contributed by atoms with E-state index < -0.39 is 6.03 Å². The number of nitriles is 1. The number of carbonyl (C=O) groups is 1. The lowest BCUT2D eigenvalue weighted by molar-refractivity contribution is 0.249. The van der Waals surface area contributed by atoms with Gasteiger partial charge in [0, 0.05) is 5.56 Å². The van der Waals surface area contributed by atoms with Gasteiger partial charge in [-0.05, 0) is 48.0 Å². The number of hydrogen-bond donors (Lipinski definition) is 2. The smallest absolute Gasteiger partial charge is 0.332 e. The molecule has 0 aliphatic rings. The summed E-state index contributed by atoms with van der Waals surface area (Å²) in [6.07, 6.45) is 1.47. The number of ether oxygens (including phenoxy) is 2. The second-order valence-electron chi connectivity index (χ2n) is 4.73. The third kappa shape index (κ3) is 4.74. The highest BCUT2D eigenvalue weighted by Crippen LogP contribution is 2.22. The quantitative estimate of drug-likeness (QED) is 0.626. The molecule has 24 heavy (non-hydrogen) atoms. The molecule has 0 aliphatic heterocycles. The first-order valence-electron chi connectivity index (χ1n) is 7.01. The summed E-state index contributed by atoms with van der Waals surface area (Å²) in [7, 11) is 1.57. The van der Waals surface area contributed by atoms with Crippen LogP contribution in [0, 0.1) is 11.3 Å². The highest BCUT2D eigenvalue weighted by molar-refractivity contribution is 5.82. The molecule has 122 valence electrons. The van der Waals surface area contributed by atoms with E-state index in [0.29, 0.717) is 17.1 Å². The van der Waals surface area contributed by atoms with Crippen LogP contribution in [0.2, 0.25) is 0 Å². The molecule has 0 atom stereocenters. The summed E-state index contributed by atoms with van der Waals surface area (Å²) >= 11 is 0. The summed E-state index contributed by atoms with van der Waals surface area (Å²) in [4.78, 5) is 10.6. The molecule has 0 spiro atoms. The van der Waals surface area contributed by atoms with Crippen molar-refractivity contribution in [3.63, 3.8) is 0 Å². The summed E-state index contributed by atoms with van der Waals surface area (Å²) < 4.78 is 11.0. The molecule has 2 rings (SSSR count). The number of nitrogens with two attached hydrogens (primary N) is 1. The van der Waals surface area contributed by atoms with E-state index in [9.17, 15) is 4.79 Å². The van der Waals surface area contributed by atoms with Gasteiger partial charge in [0.25, 0.3) is 0 Å². The Balaban J connectivity index is 2.10. The van der Waals surface area contributed by atoms with Gasteiger partial charge in [0.05, 0.1) is 25.0 Å². The molecular formula is C17H16N4O3. The van der Waals surface area contributed by atoms with E-state index in [1.165, 1.54) is 6.21 Å². The zero-order chi connectivity index (χ0) is 17.4. The maximum Gasteiger partial charge on any atom is 0.332 e. The highest BCUT2D eigenvalue weighted by atomic mass is 16.5. The third-order valence-corrected chi connectivity index (χ3v) is 3.07. The minimum Gasteiger partial charge on any atom is -0.496 e. The maximum absolute atomic E-state index is 10.6. The molecule has 0 saturated carbocycles. The Kier molecular flexibility index (Phi) is 5.75. The van der Waals surface area contributed by atoms with Crippen LogP contribution in [0.4, 0.5) is 4.79 Å². The van der Waals surface area contributed by atoms with Crippen molar-refractivity contribution in [1.29, 1.82) is 5.26 Å². The Hall–Kier alpha value is -3.53. The lowest BCUT2D eigenvalue weighted by atomic mass is 10.1. The Labute approximate surface area is 139 Å². The van der Waals surface area contributed by atoms with Crippen molar-refractivity contribution < 1.29 is 14.3 Å². The molecule has 2 aromatic rings. The first-order valence-corrected chi connectivity index (χ1v) is 7.01. The number of nitrogens with one attached hydrogen (secondary N) is 1. The van der Waals surface area contributed by atoms with Crippen LogP contribution in [0.15, 0.2) is 47.6 Å². The van der Waals surface area contributed by atoms with Crippen molar-refractivity contribution in [2.45, 2.75) is 6.61 Å². The molecule has 0 aliphatic carbocycles. The van der Waals surface area contributed by atoms with Gasteiger partial charge in [0.2, 0.25) is 0 Å². The van der Waals surface area contributed by atoms with Crippen LogP contribution in [0.5, 0.6) is 11.5 Å². The van der Waals surface area contributed by atoms with E-state index in [0.717, 1.165) is 11.1 Å². The van der Waals surface area contributed by atoms with Crippen LogP contribution < -0.4 is 20.6 Å². The normalized spacial score (nSPS) is 10.2. The zero-order valence-electron chi connectivity index (χ0n) is 13.0. The van der Waals surface area contributed by atoms with Gasteiger partial charge in [-0.1, -0.05) is 0 Å². The second kappa shape index (κ2) is 8.19. The zero-order valence-corrected chi connectivity index (χ0v) is 13.0. The van der Waals surface area contributed by atoms with E-state index in [1.54, 1.807) is 43.5 Å². The number of hydrazone groups is 1. The van der Waals surface area contributed by atoms with Gasteiger partial charge in [0.15, 0.2) is 0 Å². The van der Waals surface area contributed by atoms with Crippen LogP contribution in [0.1, 0.15) is 16.7 Å². The van der Waals surface area contributed by atoms with Crippen LogP contribution in [-0.2, 0) is 6.61 Å².